The summed E-state index contributed by atoms with van der Waals surface area (Å²) in [6.07, 6.45) is 11.3. The van der Waals surface area contributed by atoms with E-state index < -0.39 is 0 Å². The van der Waals surface area contributed by atoms with Crippen LogP contribution in [0.15, 0.2) is 0 Å². The molecule has 0 saturated heterocycles. The molecule has 2 rings (SSSR count). The van der Waals surface area contributed by atoms with E-state index in [4.69, 9.17) is 5.73 Å². The van der Waals surface area contributed by atoms with Crippen molar-refractivity contribution in [2.75, 3.05) is 13.6 Å². The van der Waals surface area contributed by atoms with Crippen LogP contribution in [0.2, 0.25) is 0 Å². The Morgan fingerprint density at radius 2 is 1.57 bits per heavy atom. The zero-order valence-corrected chi connectivity index (χ0v) is 9.44. The van der Waals surface area contributed by atoms with Crippen molar-refractivity contribution in [2.45, 2.75) is 56.9 Å². The van der Waals surface area contributed by atoms with Crippen molar-refractivity contribution in [3.63, 3.8) is 0 Å². The van der Waals surface area contributed by atoms with Crippen LogP contribution in [0.4, 0.5) is 0 Å². The Labute approximate surface area is 87.6 Å². The van der Waals surface area contributed by atoms with Gasteiger partial charge in [-0.1, -0.05) is 12.8 Å². The summed E-state index contributed by atoms with van der Waals surface area (Å²) in [7, 11) is 2.07. The standard InChI is InChI=1S/C12H24N2/c1-14-12(10-13)8-6-11(7-9-12)4-2-3-5-11/h14H,2-10,13H2,1H3. The fraction of sp³-hybridized carbons (Fsp3) is 1.00. The third kappa shape index (κ3) is 1.70. The van der Waals surface area contributed by atoms with Gasteiger partial charge < -0.3 is 11.1 Å². The molecule has 2 aliphatic carbocycles. The van der Waals surface area contributed by atoms with Crippen molar-refractivity contribution in [1.82, 2.24) is 5.32 Å². The van der Waals surface area contributed by atoms with E-state index in [0.29, 0.717) is 0 Å². The topological polar surface area (TPSA) is 38.0 Å². The van der Waals surface area contributed by atoms with Gasteiger partial charge in [0, 0.05) is 12.1 Å². The van der Waals surface area contributed by atoms with Gasteiger partial charge in [0.25, 0.3) is 0 Å². The van der Waals surface area contributed by atoms with Crippen molar-refractivity contribution in [2.24, 2.45) is 11.1 Å². The molecule has 2 fully saturated rings. The van der Waals surface area contributed by atoms with E-state index >= 15 is 0 Å². The molecule has 14 heavy (non-hydrogen) atoms. The number of hydrogen-bond acceptors (Lipinski definition) is 2. The predicted molar refractivity (Wildman–Crippen MR) is 60.2 cm³/mol. The molecule has 0 radical (unpaired) electrons. The highest BCUT2D eigenvalue weighted by Gasteiger charge is 2.42. The zero-order valence-electron chi connectivity index (χ0n) is 9.44. The SMILES string of the molecule is CNC1(CN)CCC2(CCCC2)CC1. The van der Waals surface area contributed by atoms with Crippen molar-refractivity contribution >= 4 is 0 Å². The number of rotatable bonds is 2. The molecule has 1 spiro atoms. The lowest BCUT2D eigenvalue weighted by Crippen LogP contribution is -2.53. The Balaban J connectivity index is 1.96. The molecule has 2 saturated carbocycles. The fourth-order valence-electron chi connectivity index (χ4n) is 3.44. The van der Waals surface area contributed by atoms with Crippen molar-refractivity contribution in [1.29, 1.82) is 0 Å². The molecule has 0 amide bonds. The molecule has 0 aliphatic heterocycles. The van der Waals surface area contributed by atoms with Gasteiger partial charge in [-0.15, -0.1) is 0 Å². The van der Waals surface area contributed by atoms with Crippen LogP contribution < -0.4 is 11.1 Å². The van der Waals surface area contributed by atoms with Crippen LogP contribution in [-0.2, 0) is 0 Å². The van der Waals surface area contributed by atoms with Crippen LogP contribution in [0.25, 0.3) is 0 Å². The largest absolute Gasteiger partial charge is 0.329 e. The van der Waals surface area contributed by atoms with E-state index in [0.717, 1.165) is 12.0 Å². The van der Waals surface area contributed by atoms with Crippen molar-refractivity contribution in [3.8, 4) is 0 Å². The van der Waals surface area contributed by atoms with Crippen LogP contribution in [0, 0.1) is 5.41 Å². The van der Waals surface area contributed by atoms with Crippen LogP contribution >= 0.6 is 0 Å². The molecule has 82 valence electrons. The van der Waals surface area contributed by atoms with E-state index in [1.165, 1.54) is 51.4 Å². The number of likely N-dealkylation sites (N-methyl/N-ethyl adjacent to an activating group) is 1. The highest BCUT2D eigenvalue weighted by atomic mass is 15.0. The van der Waals surface area contributed by atoms with Gasteiger partial charge in [0.05, 0.1) is 0 Å². The molecular formula is C12H24N2. The summed E-state index contributed by atoms with van der Waals surface area (Å²) in [5, 5.41) is 3.45. The van der Waals surface area contributed by atoms with Gasteiger partial charge in [-0.2, -0.15) is 0 Å². The first-order valence-electron chi connectivity index (χ1n) is 6.13. The number of nitrogens with two attached hydrogens (primary N) is 1. The molecule has 0 bridgehead atoms. The Hall–Kier alpha value is -0.0800. The number of hydrogen-bond donors (Lipinski definition) is 2. The average molecular weight is 196 g/mol. The van der Waals surface area contributed by atoms with E-state index in [1.807, 2.05) is 0 Å². The first kappa shape index (κ1) is 10.4. The van der Waals surface area contributed by atoms with E-state index in [-0.39, 0.29) is 5.54 Å². The minimum Gasteiger partial charge on any atom is -0.329 e. The third-order valence-corrected chi connectivity index (χ3v) is 4.85. The summed E-state index contributed by atoms with van der Waals surface area (Å²) >= 11 is 0. The molecule has 0 heterocycles. The van der Waals surface area contributed by atoms with Crippen LogP contribution in [-0.4, -0.2) is 19.1 Å². The monoisotopic (exact) mass is 196 g/mol. The lowest BCUT2D eigenvalue weighted by Gasteiger charge is -2.44. The van der Waals surface area contributed by atoms with Gasteiger partial charge in [-0.05, 0) is 51.0 Å². The molecule has 0 atom stereocenters. The fourth-order valence-corrected chi connectivity index (χ4v) is 3.44. The van der Waals surface area contributed by atoms with Crippen LogP contribution in [0.3, 0.4) is 0 Å². The summed E-state index contributed by atoms with van der Waals surface area (Å²) in [6.45, 7) is 0.805. The Bertz CT molecular complexity index is 172. The van der Waals surface area contributed by atoms with Gasteiger partial charge in [-0.3, -0.25) is 0 Å². The van der Waals surface area contributed by atoms with Crippen LogP contribution in [0.1, 0.15) is 51.4 Å². The predicted octanol–water partition coefficient (Wildman–Crippen LogP) is 2.04. The average Bonchev–Trinajstić information content (AvgIpc) is 2.69. The summed E-state index contributed by atoms with van der Waals surface area (Å²) < 4.78 is 0. The minimum atomic E-state index is 0.272. The normalized spacial score (nSPS) is 29.6. The molecule has 3 N–H and O–H groups in total. The van der Waals surface area contributed by atoms with E-state index in [1.54, 1.807) is 0 Å². The lowest BCUT2D eigenvalue weighted by molar-refractivity contribution is 0.120. The maximum atomic E-state index is 5.87. The van der Waals surface area contributed by atoms with Crippen molar-refractivity contribution < 1.29 is 0 Å². The summed E-state index contributed by atoms with van der Waals surface area (Å²) in [5.74, 6) is 0. The molecule has 2 heteroatoms. The van der Waals surface area contributed by atoms with Crippen molar-refractivity contribution in [3.05, 3.63) is 0 Å². The summed E-state index contributed by atoms with van der Waals surface area (Å²) in [5.41, 5.74) is 6.88. The van der Waals surface area contributed by atoms with Gasteiger partial charge >= 0.3 is 0 Å². The molecule has 2 aliphatic rings. The second-order valence-electron chi connectivity index (χ2n) is 5.44. The first-order chi connectivity index (χ1) is 6.74. The van der Waals surface area contributed by atoms with E-state index in [2.05, 4.69) is 12.4 Å². The minimum absolute atomic E-state index is 0.272. The highest BCUT2D eigenvalue weighted by molar-refractivity contribution is 4.99. The summed E-state index contributed by atoms with van der Waals surface area (Å²) in [6, 6.07) is 0. The van der Waals surface area contributed by atoms with Gasteiger partial charge in [0.1, 0.15) is 0 Å². The molecule has 2 nitrogen and oxygen atoms in total. The van der Waals surface area contributed by atoms with Gasteiger partial charge in [0.2, 0.25) is 0 Å². The molecule has 0 aromatic heterocycles. The zero-order chi connectivity index (χ0) is 10.1. The maximum Gasteiger partial charge on any atom is 0.0301 e. The number of nitrogens with one attached hydrogen (secondary N) is 1. The quantitative estimate of drug-likeness (QED) is 0.709. The Morgan fingerprint density at radius 3 is 2.00 bits per heavy atom. The highest BCUT2D eigenvalue weighted by Crippen LogP contribution is 2.50. The van der Waals surface area contributed by atoms with Gasteiger partial charge in [0.15, 0.2) is 0 Å². The smallest absolute Gasteiger partial charge is 0.0301 e. The maximum absolute atomic E-state index is 5.87. The van der Waals surface area contributed by atoms with Gasteiger partial charge in [-0.25, -0.2) is 0 Å². The molecule has 0 aromatic carbocycles. The second kappa shape index (κ2) is 3.82. The molecule has 0 unspecified atom stereocenters. The molecule has 0 aromatic rings. The first-order valence-corrected chi connectivity index (χ1v) is 6.13. The van der Waals surface area contributed by atoms with E-state index in [9.17, 15) is 0 Å². The second-order valence-corrected chi connectivity index (χ2v) is 5.44. The Kier molecular flexibility index (Phi) is 2.85. The third-order valence-electron chi connectivity index (χ3n) is 4.85. The Morgan fingerprint density at radius 1 is 1.00 bits per heavy atom. The van der Waals surface area contributed by atoms with Crippen LogP contribution in [0.5, 0.6) is 0 Å². The lowest BCUT2D eigenvalue weighted by atomic mass is 9.66. The molecular weight excluding hydrogens is 172 g/mol. The summed E-state index contributed by atoms with van der Waals surface area (Å²) in [4.78, 5) is 0.